The molecule has 0 radical (unpaired) electrons. The molecule has 0 aromatic heterocycles. The molecule has 0 spiro atoms. The van der Waals surface area contributed by atoms with Crippen molar-refractivity contribution in [3.05, 3.63) is 29.0 Å². The fourth-order valence-electron chi connectivity index (χ4n) is 1.71. The smallest absolute Gasteiger partial charge is 0.324 e. The molecule has 1 aliphatic rings. The topological polar surface area (TPSA) is 49.4 Å². The van der Waals surface area contributed by atoms with E-state index in [1.807, 2.05) is 0 Å². The van der Waals surface area contributed by atoms with Crippen LogP contribution in [0.1, 0.15) is 6.92 Å². The highest BCUT2D eigenvalue weighted by molar-refractivity contribution is 8.00. The van der Waals surface area contributed by atoms with Gasteiger partial charge in [-0.1, -0.05) is 11.6 Å². The molecule has 2 rings (SSSR count). The predicted octanol–water partition coefficient (Wildman–Crippen LogP) is 2.51. The molecule has 1 saturated heterocycles. The van der Waals surface area contributed by atoms with Crippen molar-refractivity contribution in [2.24, 2.45) is 0 Å². The Morgan fingerprint density at radius 1 is 1.58 bits per heavy atom. The molecule has 0 saturated carbocycles. The second kappa shape index (κ2) is 5.79. The molecule has 1 atom stereocenters. The molecule has 1 heterocycles. The van der Waals surface area contributed by atoms with E-state index in [1.54, 1.807) is 13.0 Å². The summed E-state index contributed by atoms with van der Waals surface area (Å²) >= 11 is 6.92. The van der Waals surface area contributed by atoms with Crippen molar-refractivity contribution in [3.8, 4) is 0 Å². The monoisotopic (exact) mass is 302 g/mol. The summed E-state index contributed by atoms with van der Waals surface area (Å²) in [6.45, 7) is 2.56. The summed E-state index contributed by atoms with van der Waals surface area (Å²) in [6.07, 6.45) is 0. The molecular formula is C12H12ClFN2O2S. The van der Waals surface area contributed by atoms with Crippen LogP contribution in [0.15, 0.2) is 23.1 Å². The fraction of sp³-hybridized carbons (Fsp3) is 0.333. The minimum absolute atomic E-state index is 0.0172. The molecule has 19 heavy (non-hydrogen) atoms. The lowest BCUT2D eigenvalue weighted by Crippen LogP contribution is -2.38. The van der Waals surface area contributed by atoms with E-state index >= 15 is 0 Å². The lowest BCUT2D eigenvalue weighted by atomic mass is 10.3. The van der Waals surface area contributed by atoms with Crippen LogP contribution in [0.25, 0.3) is 0 Å². The van der Waals surface area contributed by atoms with E-state index in [0.29, 0.717) is 18.0 Å². The number of amides is 3. The molecule has 4 nitrogen and oxygen atoms in total. The van der Waals surface area contributed by atoms with Crippen molar-refractivity contribution < 1.29 is 14.0 Å². The number of hydrogen-bond donors (Lipinski definition) is 1. The van der Waals surface area contributed by atoms with E-state index in [9.17, 15) is 14.0 Å². The molecule has 1 aromatic carbocycles. The maximum absolute atomic E-state index is 13.0. The van der Waals surface area contributed by atoms with Crippen LogP contribution in [0, 0.1) is 5.82 Å². The number of benzene rings is 1. The SMILES string of the molecule is C[C@@H](Sc1ccc(F)c(Cl)c1)C(=O)N1CCNC1=O. The largest absolute Gasteiger partial charge is 0.336 e. The van der Waals surface area contributed by atoms with Crippen molar-refractivity contribution in [1.82, 2.24) is 10.2 Å². The summed E-state index contributed by atoms with van der Waals surface area (Å²) in [6, 6.07) is 3.91. The first kappa shape index (κ1) is 14.1. The summed E-state index contributed by atoms with van der Waals surface area (Å²) in [4.78, 5) is 25.3. The van der Waals surface area contributed by atoms with Crippen LogP contribution in [-0.4, -0.2) is 35.2 Å². The number of thioether (sulfide) groups is 1. The van der Waals surface area contributed by atoms with Gasteiger partial charge in [0.25, 0.3) is 0 Å². The minimum atomic E-state index is -0.496. The first-order chi connectivity index (χ1) is 8.99. The van der Waals surface area contributed by atoms with Gasteiger partial charge in [0.15, 0.2) is 0 Å². The molecule has 7 heteroatoms. The number of halogens is 2. The van der Waals surface area contributed by atoms with Crippen LogP contribution in [0.5, 0.6) is 0 Å². The number of carbonyl (C=O) groups excluding carboxylic acids is 2. The third-order valence-electron chi connectivity index (χ3n) is 2.67. The Kier molecular flexibility index (Phi) is 4.31. The van der Waals surface area contributed by atoms with Crippen molar-refractivity contribution in [1.29, 1.82) is 0 Å². The third kappa shape index (κ3) is 3.19. The van der Waals surface area contributed by atoms with Crippen LogP contribution in [0.2, 0.25) is 5.02 Å². The molecule has 1 aromatic rings. The summed E-state index contributed by atoms with van der Waals surface area (Å²) < 4.78 is 13.0. The van der Waals surface area contributed by atoms with Gasteiger partial charge in [-0.05, 0) is 25.1 Å². The highest BCUT2D eigenvalue weighted by Crippen LogP contribution is 2.28. The molecular weight excluding hydrogens is 291 g/mol. The third-order valence-corrected chi connectivity index (χ3v) is 4.05. The maximum atomic E-state index is 13.0. The fourth-order valence-corrected chi connectivity index (χ4v) is 2.92. The first-order valence-corrected chi connectivity index (χ1v) is 6.95. The second-order valence-corrected chi connectivity index (χ2v) is 5.88. The Morgan fingerprint density at radius 2 is 2.32 bits per heavy atom. The average Bonchev–Trinajstić information content (AvgIpc) is 2.79. The number of nitrogens with zero attached hydrogens (tertiary/aromatic N) is 1. The summed E-state index contributed by atoms with van der Waals surface area (Å²) in [5, 5.41) is 2.15. The second-order valence-electron chi connectivity index (χ2n) is 4.06. The van der Waals surface area contributed by atoms with Gasteiger partial charge >= 0.3 is 6.03 Å². The highest BCUT2D eigenvalue weighted by atomic mass is 35.5. The zero-order chi connectivity index (χ0) is 14.0. The van der Waals surface area contributed by atoms with Gasteiger partial charge in [-0.15, -0.1) is 11.8 Å². The van der Waals surface area contributed by atoms with E-state index in [0.717, 1.165) is 0 Å². The van der Waals surface area contributed by atoms with Gasteiger partial charge in [0, 0.05) is 18.0 Å². The summed E-state index contributed by atoms with van der Waals surface area (Å²) in [7, 11) is 0. The number of urea groups is 1. The standard InChI is InChI=1S/C12H12ClFN2O2S/c1-7(11(17)16-5-4-15-12(16)18)19-8-2-3-10(14)9(13)6-8/h2-3,6-7H,4-5H2,1H3,(H,15,18)/t7-/m1/s1. The predicted molar refractivity (Wildman–Crippen MR) is 71.8 cm³/mol. The van der Waals surface area contributed by atoms with Crippen LogP contribution < -0.4 is 5.32 Å². The van der Waals surface area contributed by atoms with Crippen molar-refractivity contribution in [2.75, 3.05) is 13.1 Å². The zero-order valence-corrected chi connectivity index (χ0v) is 11.7. The number of rotatable bonds is 3. The number of imide groups is 1. The molecule has 1 fully saturated rings. The summed E-state index contributed by atoms with van der Waals surface area (Å²) in [5.74, 6) is -0.760. The first-order valence-electron chi connectivity index (χ1n) is 5.70. The lowest BCUT2D eigenvalue weighted by Gasteiger charge is -2.17. The zero-order valence-electron chi connectivity index (χ0n) is 10.2. The Bertz CT molecular complexity index is 526. The van der Waals surface area contributed by atoms with Gasteiger partial charge in [-0.25, -0.2) is 9.18 Å². The Hall–Kier alpha value is -1.27. The number of carbonyl (C=O) groups is 2. The Morgan fingerprint density at radius 3 is 2.89 bits per heavy atom. The van der Waals surface area contributed by atoms with Gasteiger partial charge in [-0.3, -0.25) is 9.69 Å². The average molecular weight is 303 g/mol. The van der Waals surface area contributed by atoms with Crippen LogP contribution >= 0.6 is 23.4 Å². The minimum Gasteiger partial charge on any atom is -0.336 e. The van der Waals surface area contributed by atoms with E-state index < -0.39 is 11.1 Å². The molecule has 102 valence electrons. The van der Waals surface area contributed by atoms with Crippen molar-refractivity contribution in [2.45, 2.75) is 17.1 Å². The van der Waals surface area contributed by atoms with Crippen LogP contribution in [-0.2, 0) is 4.79 Å². The van der Waals surface area contributed by atoms with E-state index in [1.165, 1.54) is 28.8 Å². The van der Waals surface area contributed by atoms with E-state index in [-0.39, 0.29) is 17.0 Å². The van der Waals surface area contributed by atoms with Crippen molar-refractivity contribution >= 4 is 35.3 Å². The van der Waals surface area contributed by atoms with Crippen molar-refractivity contribution in [3.63, 3.8) is 0 Å². The number of nitrogens with one attached hydrogen (secondary N) is 1. The van der Waals surface area contributed by atoms with Gasteiger partial charge in [0.1, 0.15) is 5.82 Å². The molecule has 3 amide bonds. The van der Waals surface area contributed by atoms with E-state index in [2.05, 4.69) is 5.32 Å². The Balaban J connectivity index is 2.03. The van der Waals surface area contributed by atoms with E-state index in [4.69, 9.17) is 11.6 Å². The van der Waals surface area contributed by atoms with Gasteiger partial charge in [0.2, 0.25) is 5.91 Å². The maximum Gasteiger partial charge on any atom is 0.324 e. The molecule has 0 aliphatic carbocycles. The molecule has 0 unspecified atom stereocenters. The quantitative estimate of drug-likeness (QED) is 0.873. The molecule has 0 bridgehead atoms. The van der Waals surface area contributed by atoms with Crippen LogP contribution in [0.3, 0.4) is 0 Å². The lowest BCUT2D eigenvalue weighted by molar-refractivity contribution is -0.126. The normalized spacial score (nSPS) is 16.4. The van der Waals surface area contributed by atoms with Gasteiger partial charge in [0.05, 0.1) is 10.3 Å². The number of hydrogen-bond acceptors (Lipinski definition) is 3. The van der Waals surface area contributed by atoms with Gasteiger partial charge < -0.3 is 5.32 Å². The van der Waals surface area contributed by atoms with Gasteiger partial charge in [-0.2, -0.15) is 0 Å². The van der Waals surface area contributed by atoms with Crippen LogP contribution in [0.4, 0.5) is 9.18 Å². The molecule has 1 aliphatic heterocycles. The summed E-state index contributed by atoms with van der Waals surface area (Å²) in [5.41, 5.74) is 0. The molecule has 1 N–H and O–H groups in total. The highest BCUT2D eigenvalue weighted by Gasteiger charge is 2.30. The Labute approximate surface area is 119 Å².